The van der Waals surface area contributed by atoms with Gasteiger partial charge in [0.25, 0.3) is 0 Å². The fourth-order valence-corrected chi connectivity index (χ4v) is 6.14. The summed E-state index contributed by atoms with van der Waals surface area (Å²) in [6, 6.07) is 17.4. The summed E-state index contributed by atoms with van der Waals surface area (Å²) in [5, 5.41) is 30.9. The van der Waals surface area contributed by atoms with E-state index < -0.39 is 11.9 Å². The van der Waals surface area contributed by atoms with Crippen molar-refractivity contribution < 1.29 is 9.50 Å². The number of nitrogens with one attached hydrogen (secondary N) is 3. The average molecular weight is 663 g/mol. The maximum Gasteiger partial charge on any atom is 0.141 e. The van der Waals surface area contributed by atoms with E-state index in [4.69, 9.17) is 28.9 Å². The van der Waals surface area contributed by atoms with E-state index in [-0.39, 0.29) is 22.7 Å². The summed E-state index contributed by atoms with van der Waals surface area (Å²) in [4.78, 5) is 6.93. The van der Waals surface area contributed by atoms with Crippen LogP contribution in [0.3, 0.4) is 0 Å². The van der Waals surface area contributed by atoms with Crippen LogP contribution in [0.25, 0.3) is 10.9 Å². The fraction of sp³-hybridized carbons (Fsp3) is 0.314. The number of likely N-dealkylation sites (tertiary alicyclic amines) is 1. The summed E-state index contributed by atoms with van der Waals surface area (Å²) in [5.74, 6) is -0.548. The van der Waals surface area contributed by atoms with Gasteiger partial charge in [-0.3, -0.25) is 9.88 Å². The van der Waals surface area contributed by atoms with Gasteiger partial charge in [0.05, 0.1) is 45.2 Å². The van der Waals surface area contributed by atoms with Crippen LogP contribution in [-0.4, -0.2) is 39.7 Å². The summed E-state index contributed by atoms with van der Waals surface area (Å²) in [6.07, 6.45) is 5.31. The van der Waals surface area contributed by atoms with Crippen LogP contribution >= 0.6 is 23.2 Å². The highest BCUT2D eigenvalue weighted by atomic mass is 35.5. The Balaban J connectivity index is 1.49. The molecule has 0 amide bonds. The van der Waals surface area contributed by atoms with Crippen LogP contribution < -0.4 is 21.7 Å². The van der Waals surface area contributed by atoms with Crippen LogP contribution in [-0.2, 0) is 6.61 Å². The number of fused-ring (bicyclic) bond motifs is 1. The lowest BCUT2D eigenvalue weighted by molar-refractivity contribution is 0.0988. The van der Waals surface area contributed by atoms with Gasteiger partial charge in [0, 0.05) is 53.8 Å². The smallest absolute Gasteiger partial charge is 0.141 e. The molecule has 1 saturated heterocycles. The standard InChI is InChI=1S/C35H38Cl2FN7O/c1-35(2,3)45-11-9-24(10-12-45)41-19-31(40)33(22-6-4-5-21(13-22)20-46)44-26-14-27-32(43-25-7-8-30(38)28(36)15-25)23(17-39)18-42-34(27)29(37)16-26/h4-8,13-16,18-19,24,33,41,44,46H,9-12,20,40H2,1-3H3,(H,42,43)/b31-19-. The van der Waals surface area contributed by atoms with Crippen molar-refractivity contribution in [1.82, 2.24) is 15.2 Å². The number of anilines is 3. The number of halogens is 3. The molecule has 1 aromatic heterocycles. The first-order valence-corrected chi connectivity index (χ1v) is 15.9. The highest BCUT2D eigenvalue weighted by molar-refractivity contribution is 6.36. The van der Waals surface area contributed by atoms with Gasteiger partial charge in [-0.15, -0.1) is 0 Å². The molecule has 46 heavy (non-hydrogen) atoms. The fourth-order valence-electron chi connectivity index (χ4n) is 5.69. The first-order valence-electron chi connectivity index (χ1n) is 15.1. The van der Waals surface area contributed by atoms with Gasteiger partial charge >= 0.3 is 0 Å². The zero-order valence-corrected chi connectivity index (χ0v) is 27.6. The molecule has 2 heterocycles. The number of nitriles is 1. The molecule has 0 radical (unpaired) electrons. The minimum absolute atomic E-state index is 0.0502. The first kappa shape index (κ1) is 33.3. The van der Waals surface area contributed by atoms with Gasteiger partial charge in [-0.2, -0.15) is 5.26 Å². The number of hydrogen-bond donors (Lipinski definition) is 5. The summed E-state index contributed by atoms with van der Waals surface area (Å²) in [7, 11) is 0. The van der Waals surface area contributed by atoms with Crippen LogP contribution in [0, 0.1) is 17.1 Å². The second kappa shape index (κ2) is 14.1. The molecular formula is C35H38Cl2FN7O. The molecule has 0 spiro atoms. The highest BCUT2D eigenvalue weighted by Gasteiger charge is 2.27. The molecule has 1 aliphatic rings. The maximum absolute atomic E-state index is 13.9. The Morgan fingerprint density at radius 3 is 2.54 bits per heavy atom. The molecule has 1 fully saturated rings. The van der Waals surface area contributed by atoms with E-state index in [1.54, 1.807) is 6.07 Å². The quantitative estimate of drug-likeness (QED) is 0.124. The molecule has 0 saturated carbocycles. The molecule has 8 nitrogen and oxygen atoms in total. The molecule has 5 rings (SSSR count). The Morgan fingerprint density at radius 2 is 1.87 bits per heavy atom. The van der Waals surface area contributed by atoms with Crippen LogP contribution in [0.1, 0.15) is 56.3 Å². The minimum atomic E-state index is -0.548. The van der Waals surface area contributed by atoms with E-state index in [1.165, 1.54) is 24.4 Å². The molecule has 240 valence electrons. The lowest BCUT2D eigenvalue weighted by atomic mass is 9.98. The van der Waals surface area contributed by atoms with E-state index in [0.717, 1.165) is 37.1 Å². The molecule has 3 aromatic carbocycles. The number of nitrogens with zero attached hydrogens (tertiary/aromatic N) is 3. The Morgan fingerprint density at radius 1 is 1.13 bits per heavy atom. The largest absolute Gasteiger partial charge is 0.399 e. The van der Waals surface area contributed by atoms with Gasteiger partial charge in [0.15, 0.2) is 0 Å². The molecule has 1 atom stereocenters. The van der Waals surface area contributed by atoms with Crippen LogP contribution in [0.4, 0.5) is 21.5 Å². The Bertz CT molecular complexity index is 1790. The van der Waals surface area contributed by atoms with Gasteiger partial charge in [-0.25, -0.2) is 4.39 Å². The number of hydrogen-bond acceptors (Lipinski definition) is 8. The monoisotopic (exact) mass is 661 g/mol. The third-order valence-corrected chi connectivity index (χ3v) is 8.85. The number of aromatic nitrogens is 1. The van der Waals surface area contributed by atoms with Crippen molar-refractivity contribution in [1.29, 1.82) is 5.26 Å². The lowest BCUT2D eigenvalue weighted by Crippen LogP contribution is -2.49. The van der Waals surface area contributed by atoms with E-state index in [2.05, 4.69) is 52.7 Å². The minimum Gasteiger partial charge on any atom is -0.399 e. The predicted molar refractivity (Wildman–Crippen MR) is 185 cm³/mol. The number of pyridine rings is 1. The molecule has 0 bridgehead atoms. The Hall–Kier alpha value is -4.07. The van der Waals surface area contributed by atoms with E-state index in [9.17, 15) is 14.8 Å². The third-order valence-electron chi connectivity index (χ3n) is 8.27. The molecule has 6 N–H and O–H groups in total. The van der Waals surface area contributed by atoms with Crippen molar-refractivity contribution in [2.24, 2.45) is 5.73 Å². The lowest BCUT2D eigenvalue weighted by Gasteiger charge is -2.41. The topological polar surface area (TPSA) is 122 Å². The summed E-state index contributed by atoms with van der Waals surface area (Å²) in [5.41, 5.74) is 11.4. The number of piperidine rings is 1. The summed E-state index contributed by atoms with van der Waals surface area (Å²) >= 11 is 12.8. The van der Waals surface area contributed by atoms with Crippen molar-refractivity contribution in [2.75, 3.05) is 23.7 Å². The van der Waals surface area contributed by atoms with Crippen molar-refractivity contribution >= 4 is 51.2 Å². The SMILES string of the molecule is CC(C)(C)N1CCC(N/C=C(\N)C(Nc2cc(Cl)c3ncc(C#N)c(Nc4ccc(F)c(Cl)c4)c3c2)c2cccc(CO)c2)CC1. The molecule has 0 aliphatic carbocycles. The molecule has 4 aromatic rings. The first-order chi connectivity index (χ1) is 22.0. The van der Waals surface area contributed by atoms with Gasteiger partial charge < -0.3 is 26.8 Å². The van der Waals surface area contributed by atoms with Crippen LogP contribution in [0.2, 0.25) is 10.0 Å². The van der Waals surface area contributed by atoms with Crippen LogP contribution in [0.15, 0.2) is 72.7 Å². The predicted octanol–water partition coefficient (Wildman–Crippen LogP) is 7.59. The van der Waals surface area contributed by atoms with Crippen molar-refractivity contribution in [3.8, 4) is 6.07 Å². The molecular weight excluding hydrogens is 624 g/mol. The summed E-state index contributed by atoms with van der Waals surface area (Å²) < 4.78 is 13.9. The van der Waals surface area contributed by atoms with Crippen molar-refractivity contribution in [3.05, 3.63) is 105 Å². The summed E-state index contributed by atoms with van der Waals surface area (Å²) in [6.45, 7) is 8.62. The maximum atomic E-state index is 13.9. The number of nitrogens with two attached hydrogens (primary N) is 1. The average Bonchev–Trinajstić information content (AvgIpc) is 3.04. The normalized spacial score (nSPS) is 15.4. The van der Waals surface area contributed by atoms with Crippen molar-refractivity contribution in [2.45, 2.75) is 57.8 Å². The van der Waals surface area contributed by atoms with Crippen molar-refractivity contribution in [3.63, 3.8) is 0 Å². The van der Waals surface area contributed by atoms with Gasteiger partial charge in [0.1, 0.15) is 11.9 Å². The number of benzene rings is 3. The Labute approximate surface area is 279 Å². The number of rotatable bonds is 9. The van der Waals surface area contributed by atoms with Gasteiger partial charge in [-0.05, 0) is 75.1 Å². The van der Waals surface area contributed by atoms with Crippen LogP contribution in [0.5, 0.6) is 0 Å². The Kier molecular flexibility index (Phi) is 10.2. The van der Waals surface area contributed by atoms with Gasteiger partial charge in [-0.1, -0.05) is 47.5 Å². The second-order valence-corrected chi connectivity index (χ2v) is 13.3. The zero-order valence-electron chi connectivity index (χ0n) is 26.0. The molecule has 11 heteroatoms. The van der Waals surface area contributed by atoms with E-state index >= 15 is 0 Å². The molecule has 1 aliphatic heterocycles. The number of aliphatic hydroxyl groups is 1. The van der Waals surface area contributed by atoms with E-state index in [0.29, 0.717) is 44.7 Å². The van der Waals surface area contributed by atoms with Gasteiger partial charge in [0.2, 0.25) is 0 Å². The third kappa shape index (κ3) is 7.65. The molecule has 1 unspecified atom stereocenters. The number of aliphatic hydroxyl groups excluding tert-OH is 1. The zero-order chi connectivity index (χ0) is 33.0. The highest BCUT2D eigenvalue weighted by Crippen LogP contribution is 2.37. The second-order valence-electron chi connectivity index (χ2n) is 12.5. The van der Waals surface area contributed by atoms with E-state index in [1.807, 2.05) is 36.5 Å².